The molecule has 5 heteroatoms. The SMILES string of the molecule is Cc1cc(NC(=S)N[C@H](C)c2ccc(N3CCCC3)cc2)ccc1Br. The number of hydrogen-bond acceptors (Lipinski definition) is 2. The van der Waals surface area contributed by atoms with Crippen molar-refractivity contribution >= 4 is 44.6 Å². The number of hydrogen-bond donors (Lipinski definition) is 2. The van der Waals surface area contributed by atoms with Crippen LogP contribution >= 0.6 is 28.1 Å². The van der Waals surface area contributed by atoms with Gasteiger partial charge in [0.15, 0.2) is 5.11 Å². The molecule has 1 fully saturated rings. The summed E-state index contributed by atoms with van der Waals surface area (Å²) in [6, 6.07) is 15.1. The van der Waals surface area contributed by atoms with Crippen molar-refractivity contribution < 1.29 is 0 Å². The topological polar surface area (TPSA) is 27.3 Å². The maximum Gasteiger partial charge on any atom is 0.171 e. The molecule has 0 saturated carbocycles. The summed E-state index contributed by atoms with van der Waals surface area (Å²) in [4.78, 5) is 2.45. The van der Waals surface area contributed by atoms with Crippen LogP contribution in [-0.4, -0.2) is 18.2 Å². The summed E-state index contributed by atoms with van der Waals surface area (Å²) >= 11 is 8.98. The van der Waals surface area contributed by atoms with Gasteiger partial charge in [0.1, 0.15) is 0 Å². The lowest BCUT2D eigenvalue weighted by Gasteiger charge is -2.20. The average molecular weight is 418 g/mol. The highest BCUT2D eigenvalue weighted by atomic mass is 79.9. The molecule has 0 bridgehead atoms. The quantitative estimate of drug-likeness (QED) is 0.650. The first-order valence-electron chi connectivity index (χ1n) is 8.71. The van der Waals surface area contributed by atoms with Crippen molar-refractivity contribution in [1.82, 2.24) is 5.32 Å². The zero-order valence-corrected chi connectivity index (χ0v) is 17.1. The van der Waals surface area contributed by atoms with Crippen LogP contribution in [0.1, 0.15) is 36.9 Å². The van der Waals surface area contributed by atoms with Crippen molar-refractivity contribution in [2.75, 3.05) is 23.3 Å². The van der Waals surface area contributed by atoms with Gasteiger partial charge in [-0.25, -0.2) is 0 Å². The van der Waals surface area contributed by atoms with Crippen LogP contribution in [0.5, 0.6) is 0 Å². The molecule has 1 saturated heterocycles. The number of aryl methyl sites for hydroxylation is 1. The average Bonchev–Trinajstić information content (AvgIpc) is 3.13. The fraction of sp³-hybridized carbons (Fsp3) is 0.350. The Hall–Kier alpha value is -1.59. The fourth-order valence-electron chi connectivity index (χ4n) is 3.12. The first-order valence-corrected chi connectivity index (χ1v) is 9.91. The molecule has 3 rings (SSSR count). The Kier molecular flexibility index (Phi) is 5.97. The zero-order chi connectivity index (χ0) is 17.8. The molecule has 0 unspecified atom stereocenters. The van der Waals surface area contributed by atoms with E-state index >= 15 is 0 Å². The zero-order valence-electron chi connectivity index (χ0n) is 14.7. The van der Waals surface area contributed by atoms with Gasteiger partial charge in [0, 0.05) is 28.9 Å². The van der Waals surface area contributed by atoms with Crippen LogP contribution in [0.15, 0.2) is 46.9 Å². The summed E-state index contributed by atoms with van der Waals surface area (Å²) < 4.78 is 1.10. The standard InChI is InChI=1S/C20H24BrN3S/c1-14-13-17(7-10-19(14)21)23-20(25)22-15(2)16-5-8-18(9-6-16)24-11-3-4-12-24/h5-10,13,15H,3-4,11-12H2,1-2H3,(H2,22,23,25)/t15-/m1/s1. The maximum atomic E-state index is 5.46. The van der Waals surface area contributed by atoms with Gasteiger partial charge in [-0.2, -0.15) is 0 Å². The van der Waals surface area contributed by atoms with Crippen LogP contribution in [0.3, 0.4) is 0 Å². The van der Waals surface area contributed by atoms with E-state index in [1.54, 1.807) is 0 Å². The van der Waals surface area contributed by atoms with E-state index in [2.05, 4.69) is 75.6 Å². The second-order valence-corrected chi connectivity index (χ2v) is 7.83. The van der Waals surface area contributed by atoms with Crippen LogP contribution < -0.4 is 15.5 Å². The van der Waals surface area contributed by atoms with Crippen molar-refractivity contribution in [1.29, 1.82) is 0 Å². The van der Waals surface area contributed by atoms with Gasteiger partial charge < -0.3 is 15.5 Å². The van der Waals surface area contributed by atoms with Crippen LogP contribution in [-0.2, 0) is 0 Å². The molecular weight excluding hydrogens is 394 g/mol. The molecular formula is C20H24BrN3S. The summed E-state index contributed by atoms with van der Waals surface area (Å²) in [6.45, 7) is 6.55. The normalized spacial score (nSPS) is 15.1. The second-order valence-electron chi connectivity index (χ2n) is 6.57. The third-order valence-electron chi connectivity index (χ3n) is 4.63. The Morgan fingerprint density at radius 3 is 2.44 bits per heavy atom. The Morgan fingerprint density at radius 2 is 1.80 bits per heavy atom. The number of nitrogens with one attached hydrogen (secondary N) is 2. The van der Waals surface area contributed by atoms with Gasteiger partial charge >= 0.3 is 0 Å². The Morgan fingerprint density at radius 1 is 1.12 bits per heavy atom. The molecule has 2 aromatic carbocycles. The van der Waals surface area contributed by atoms with Crippen molar-refractivity contribution in [2.45, 2.75) is 32.7 Å². The molecule has 1 aliphatic rings. The first-order chi connectivity index (χ1) is 12.0. The number of thiocarbonyl (C=S) groups is 1. The summed E-state index contributed by atoms with van der Waals surface area (Å²) in [5.41, 5.74) is 4.73. The summed E-state index contributed by atoms with van der Waals surface area (Å²) in [5, 5.41) is 7.26. The predicted molar refractivity (Wildman–Crippen MR) is 115 cm³/mol. The largest absolute Gasteiger partial charge is 0.372 e. The minimum absolute atomic E-state index is 0.157. The van der Waals surface area contributed by atoms with E-state index in [4.69, 9.17) is 12.2 Å². The minimum atomic E-state index is 0.157. The lowest BCUT2D eigenvalue weighted by Crippen LogP contribution is -2.31. The van der Waals surface area contributed by atoms with Crippen molar-refractivity contribution in [3.63, 3.8) is 0 Å². The summed E-state index contributed by atoms with van der Waals surface area (Å²) in [6.07, 6.45) is 2.60. The van der Waals surface area contributed by atoms with E-state index in [-0.39, 0.29) is 6.04 Å². The third-order valence-corrected chi connectivity index (χ3v) is 5.74. The van der Waals surface area contributed by atoms with E-state index in [0.29, 0.717) is 5.11 Å². The van der Waals surface area contributed by atoms with Gasteiger partial charge in [0.05, 0.1) is 6.04 Å². The molecule has 1 atom stereocenters. The van der Waals surface area contributed by atoms with E-state index in [9.17, 15) is 0 Å². The van der Waals surface area contributed by atoms with E-state index in [1.165, 1.54) is 42.7 Å². The molecule has 0 aromatic heterocycles. The Labute approximate surface area is 163 Å². The highest BCUT2D eigenvalue weighted by molar-refractivity contribution is 9.10. The van der Waals surface area contributed by atoms with Crippen molar-refractivity contribution in [3.8, 4) is 0 Å². The monoisotopic (exact) mass is 417 g/mol. The van der Waals surface area contributed by atoms with E-state index in [1.807, 2.05) is 12.1 Å². The molecule has 1 aliphatic heterocycles. The second kappa shape index (κ2) is 8.19. The van der Waals surface area contributed by atoms with E-state index < -0.39 is 0 Å². The fourth-order valence-corrected chi connectivity index (χ4v) is 3.66. The summed E-state index contributed by atoms with van der Waals surface area (Å²) in [7, 11) is 0. The molecule has 25 heavy (non-hydrogen) atoms. The van der Waals surface area contributed by atoms with Gasteiger partial charge in [0.2, 0.25) is 0 Å². The predicted octanol–water partition coefficient (Wildman–Crippen LogP) is 5.41. The van der Waals surface area contributed by atoms with Gasteiger partial charge in [-0.15, -0.1) is 0 Å². The molecule has 3 nitrogen and oxygen atoms in total. The van der Waals surface area contributed by atoms with Crippen LogP contribution in [0.2, 0.25) is 0 Å². The molecule has 0 radical (unpaired) electrons. The highest BCUT2D eigenvalue weighted by Crippen LogP contribution is 2.23. The van der Waals surface area contributed by atoms with Crippen LogP contribution in [0.4, 0.5) is 11.4 Å². The molecule has 0 aliphatic carbocycles. The number of anilines is 2. The molecule has 0 amide bonds. The highest BCUT2D eigenvalue weighted by Gasteiger charge is 2.13. The molecule has 2 aromatic rings. The molecule has 2 N–H and O–H groups in total. The van der Waals surface area contributed by atoms with Crippen LogP contribution in [0, 0.1) is 6.92 Å². The number of nitrogens with zero attached hydrogens (tertiary/aromatic N) is 1. The van der Waals surface area contributed by atoms with Gasteiger partial charge in [-0.3, -0.25) is 0 Å². The summed E-state index contributed by atoms with van der Waals surface area (Å²) in [5.74, 6) is 0. The van der Waals surface area contributed by atoms with Gasteiger partial charge in [-0.05, 0) is 80.4 Å². The van der Waals surface area contributed by atoms with Gasteiger partial charge in [-0.1, -0.05) is 28.1 Å². The van der Waals surface area contributed by atoms with Gasteiger partial charge in [0.25, 0.3) is 0 Å². The molecule has 0 spiro atoms. The Balaban J connectivity index is 1.58. The molecule has 132 valence electrons. The van der Waals surface area contributed by atoms with Crippen molar-refractivity contribution in [2.24, 2.45) is 0 Å². The maximum absolute atomic E-state index is 5.46. The number of rotatable bonds is 4. The smallest absolute Gasteiger partial charge is 0.171 e. The lowest BCUT2D eigenvalue weighted by atomic mass is 10.1. The molecule has 1 heterocycles. The van der Waals surface area contributed by atoms with Crippen molar-refractivity contribution in [3.05, 3.63) is 58.1 Å². The van der Waals surface area contributed by atoms with E-state index in [0.717, 1.165) is 10.2 Å². The first kappa shape index (κ1) is 18.2. The van der Waals surface area contributed by atoms with Crippen LogP contribution in [0.25, 0.3) is 0 Å². The lowest BCUT2D eigenvalue weighted by molar-refractivity contribution is 0.722. The number of benzene rings is 2. The Bertz CT molecular complexity index is 739. The number of halogens is 1. The minimum Gasteiger partial charge on any atom is -0.372 e. The third kappa shape index (κ3) is 4.73.